The van der Waals surface area contributed by atoms with Crippen molar-refractivity contribution in [1.29, 1.82) is 0 Å². The van der Waals surface area contributed by atoms with E-state index in [1.807, 2.05) is 151 Å². The SMILES string of the molecule is [2H]C([2H])([2H])C([2H])(C)Cc1cccc(-c2ccc(-c3c(C)ccc4c3oc3nc(C)ccc34)[n+](C)c2)c1.[2H]C([2H])([2H])C([2H])(C)c1cc(-c2ccc(-c3c(C)ccc4c3oc3nc(C)ccc34)[n+](C)c2)ccc1F.[2H]C([2H])([2H])C([2H])(C)c1cccc(-c2ccc(-c3c(C)ccc4c3oc3nc(C)ccc34)[n+](C)c2)c1. The van der Waals surface area contributed by atoms with Gasteiger partial charge < -0.3 is 13.3 Å². The first-order chi connectivity index (χ1) is 50.3. The summed E-state index contributed by atoms with van der Waals surface area (Å²) in [6.45, 7) is 8.72. The number of aromatic nitrogens is 6. The second-order valence-electron chi connectivity index (χ2n) is 25.0. The van der Waals surface area contributed by atoms with E-state index in [1.165, 1.54) is 32.9 Å². The lowest BCUT2D eigenvalue weighted by Gasteiger charge is -2.10. The average Bonchev–Trinajstić information content (AvgIpc) is 1.66. The number of rotatable bonds is 10. The van der Waals surface area contributed by atoms with Gasteiger partial charge in [0.1, 0.15) is 27.0 Å². The highest BCUT2D eigenvalue weighted by atomic mass is 19.1. The second-order valence-corrected chi connectivity index (χ2v) is 25.0. The molecular weight excluding hydrogens is 1170 g/mol. The van der Waals surface area contributed by atoms with E-state index in [0.29, 0.717) is 28.3 Å². The molecule has 9 aromatic heterocycles. The molecule has 0 saturated carbocycles. The van der Waals surface area contributed by atoms with E-state index in [0.717, 1.165) is 150 Å². The summed E-state index contributed by atoms with van der Waals surface area (Å²) in [5, 5.41) is 6.03. The van der Waals surface area contributed by atoms with Crippen molar-refractivity contribution in [2.24, 2.45) is 27.0 Å². The molecule has 0 aliphatic carbocycles. The third-order valence-corrected chi connectivity index (χ3v) is 17.8. The largest absolute Gasteiger partial charge is 0.437 e. The van der Waals surface area contributed by atoms with Crippen LogP contribution in [0.25, 0.3) is 133 Å². The summed E-state index contributed by atoms with van der Waals surface area (Å²) in [5.74, 6) is -6.01. The van der Waals surface area contributed by atoms with E-state index in [2.05, 4.69) is 105 Å². The van der Waals surface area contributed by atoms with Crippen molar-refractivity contribution in [2.75, 3.05) is 0 Å². The molecule has 0 fully saturated rings. The fourth-order valence-electron chi connectivity index (χ4n) is 12.9. The molecule has 0 radical (unpaired) electrons. The van der Waals surface area contributed by atoms with Crippen molar-refractivity contribution in [1.82, 2.24) is 15.0 Å². The summed E-state index contributed by atoms with van der Waals surface area (Å²) in [7, 11) is 5.92. The monoisotopic (exact) mass is 1270 g/mol. The number of nitrogens with zero attached hydrogens (tertiary/aromatic N) is 6. The van der Waals surface area contributed by atoms with E-state index in [-0.39, 0.29) is 12.0 Å². The Morgan fingerprint density at radius 2 is 0.800 bits per heavy atom. The summed E-state index contributed by atoms with van der Waals surface area (Å²) in [6.07, 6.45) is 6.16. The Balaban J connectivity index is 0.000000142. The lowest BCUT2D eigenvalue weighted by atomic mass is 9.96. The molecule has 9 heterocycles. The molecule has 0 N–H and O–H groups in total. The van der Waals surface area contributed by atoms with Crippen LogP contribution in [0.3, 0.4) is 0 Å². The van der Waals surface area contributed by atoms with Gasteiger partial charge in [-0.1, -0.05) is 132 Å². The molecule has 474 valence electrons. The normalized spacial score (nSPS) is 15.8. The predicted molar refractivity (Wildman–Crippen MR) is 386 cm³/mol. The van der Waals surface area contributed by atoms with Crippen molar-refractivity contribution < 1.29 is 47.8 Å². The topological polar surface area (TPSA) is 89.7 Å². The van der Waals surface area contributed by atoms with Crippen LogP contribution in [-0.2, 0) is 27.6 Å². The van der Waals surface area contributed by atoms with E-state index in [1.54, 1.807) is 18.2 Å². The van der Waals surface area contributed by atoms with E-state index < -0.39 is 44.1 Å². The first-order valence-corrected chi connectivity index (χ1v) is 31.7. The minimum Gasteiger partial charge on any atom is -0.437 e. The molecule has 3 unspecified atom stereocenters. The molecule has 95 heavy (non-hydrogen) atoms. The molecule has 6 aromatic carbocycles. The van der Waals surface area contributed by atoms with Crippen LogP contribution in [0, 0.1) is 53.3 Å². The second kappa shape index (κ2) is 25.8. The standard InChI is InChI=1S/C29H29N2O.C28H26FN2O.C28H27N2O/c1-18(2)15-21-7-6-8-22(16-21)23-11-14-26(31(5)17-23)27-19(3)9-12-24-25-13-10-20(4)30-29(25)32-28(24)27;1-16(2)23-14-19(8-12-24(23)29)20-9-13-25(31(5)15-20)26-17(3)6-10-21-22-11-7-18(4)30-28(22)32-27(21)26;1-17(2)20-7-6-8-21(15-20)22-11-14-25(30(5)16-22)26-18(3)9-12-23-24-13-10-19(4)29-28(24)31-27(23)26/h6-14,16-18H,15H2,1-5H3;6-16H,1-5H3;6-17H,1-5H3/q3*+1/i1D3,18D;1D3,16D;1D3,17D. The van der Waals surface area contributed by atoms with Crippen molar-refractivity contribution in [3.05, 3.63) is 251 Å². The van der Waals surface area contributed by atoms with Crippen LogP contribution < -0.4 is 13.7 Å². The van der Waals surface area contributed by atoms with Gasteiger partial charge in [-0.3, -0.25) is 0 Å². The van der Waals surface area contributed by atoms with Gasteiger partial charge >= 0.3 is 0 Å². The maximum Gasteiger partial charge on any atom is 0.227 e. The van der Waals surface area contributed by atoms with Crippen LogP contribution in [0.4, 0.5) is 4.39 Å². The highest BCUT2D eigenvalue weighted by Crippen LogP contribution is 2.41. The Morgan fingerprint density at radius 1 is 0.411 bits per heavy atom. The summed E-state index contributed by atoms with van der Waals surface area (Å²) < 4.78 is 134. The predicted octanol–water partition coefficient (Wildman–Crippen LogP) is 20.9. The third kappa shape index (κ3) is 12.4. The van der Waals surface area contributed by atoms with Gasteiger partial charge in [0.15, 0.2) is 35.3 Å². The molecule has 9 nitrogen and oxygen atoms in total. The molecular formula is C85H82FN6O3+3. The number of hydrogen-bond acceptors (Lipinski definition) is 6. The Kier molecular flexibility index (Phi) is 13.6. The molecule has 10 heteroatoms. The van der Waals surface area contributed by atoms with Gasteiger partial charge in [0.2, 0.25) is 34.2 Å². The smallest absolute Gasteiger partial charge is 0.227 e. The van der Waals surface area contributed by atoms with E-state index in [9.17, 15) is 4.39 Å². The first kappa shape index (κ1) is 50.1. The fourth-order valence-corrected chi connectivity index (χ4v) is 12.9. The average molecular weight is 1270 g/mol. The Labute approximate surface area is 572 Å². The number of halogens is 1. The maximum absolute atomic E-state index is 14.6. The molecule has 0 spiro atoms. The molecule has 3 atom stereocenters. The molecule has 0 aliphatic rings. The van der Waals surface area contributed by atoms with Gasteiger partial charge in [-0.15, -0.1) is 0 Å². The molecule has 15 rings (SSSR count). The number of fused-ring (bicyclic) bond motifs is 9. The number of furan rings is 3. The van der Waals surface area contributed by atoms with E-state index >= 15 is 0 Å². The highest BCUT2D eigenvalue weighted by molar-refractivity contribution is 6.11. The van der Waals surface area contributed by atoms with Crippen LogP contribution in [0.2, 0.25) is 0 Å². The molecule has 0 bridgehead atoms. The van der Waals surface area contributed by atoms with Crippen LogP contribution in [0.1, 0.15) is 120 Å². The lowest BCUT2D eigenvalue weighted by Crippen LogP contribution is -2.31. The molecule has 15 aromatic rings. The quantitative estimate of drug-likeness (QED) is 0.127. The highest BCUT2D eigenvalue weighted by Gasteiger charge is 2.26. The van der Waals surface area contributed by atoms with Gasteiger partial charge in [-0.25, -0.2) is 33.0 Å². The molecule has 0 aliphatic heterocycles. The molecule has 0 amide bonds. The first-order valence-electron chi connectivity index (χ1n) is 37.7. The third-order valence-electron chi connectivity index (χ3n) is 17.8. The zero-order valence-electron chi connectivity index (χ0n) is 67.5. The number of benzene rings is 6. The summed E-state index contributed by atoms with van der Waals surface area (Å²) in [5.41, 5.74) is 22.6. The van der Waals surface area contributed by atoms with Gasteiger partial charge in [0.25, 0.3) is 0 Å². The Bertz CT molecular complexity index is 6030. The molecule has 0 saturated heterocycles. The number of pyridine rings is 6. The fraction of sp³-hybridized carbons (Fsp3) is 0.224. The van der Waals surface area contributed by atoms with Crippen molar-refractivity contribution in [3.63, 3.8) is 0 Å². The number of hydrogen-bond donors (Lipinski definition) is 0. The van der Waals surface area contributed by atoms with Crippen LogP contribution in [0.15, 0.2) is 208 Å². The lowest BCUT2D eigenvalue weighted by molar-refractivity contribution is -0.660. The minimum absolute atomic E-state index is 0.155. The van der Waals surface area contributed by atoms with Crippen LogP contribution in [0.5, 0.6) is 0 Å². The Morgan fingerprint density at radius 3 is 1.21 bits per heavy atom. The summed E-state index contributed by atoms with van der Waals surface area (Å²) >= 11 is 0. The van der Waals surface area contributed by atoms with Gasteiger partial charge in [-0.2, -0.15) is 0 Å². The van der Waals surface area contributed by atoms with Crippen LogP contribution in [-0.4, -0.2) is 15.0 Å². The van der Waals surface area contributed by atoms with Gasteiger partial charge in [0, 0.05) is 101 Å². The zero-order chi connectivity index (χ0) is 76.9. The van der Waals surface area contributed by atoms with Crippen LogP contribution >= 0.6 is 0 Å². The van der Waals surface area contributed by atoms with Crippen molar-refractivity contribution in [2.45, 2.75) is 101 Å². The minimum atomic E-state index is -2.67. The van der Waals surface area contributed by atoms with Gasteiger partial charge in [0.05, 0.1) is 16.7 Å². The van der Waals surface area contributed by atoms with Gasteiger partial charge in [-0.05, 0) is 182 Å². The maximum atomic E-state index is 14.6. The zero-order valence-corrected chi connectivity index (χ0v) is 55.5. The number of aryl methyl sites for hydroxylation is 9. The Hall–Kier alpha value is -10.5. The van der Waals surface area contributed by atoms with Crippen molar-refractivity contribution in [3.8, 4) is 67.2 Å². The van der Waals surface area contributed by atoms with Crippen molar-refractivity contribution >= 4 is 66.2 Å². The summed E-state index contributed by atoms with van der Waals surface area (Å²) in [4.78, 5) is 13.7. The van der Waals surface area contributed by atoms with E-state index in [4.69, 9.17) is 29.7 Å². The summed E-state index contributed by atoms with van der Waals surface area (Å²) in [6, 6.07) is 56.1.